The number of amides is 2. The molecule has 1 N–H and O–H groups in total. The number of pyridine rings is 1. The van der Waals surface area contributed by atoms with Crippen molar-refractivity contribution in [3.63, 3.8) is 0 Å². The smallest absolute Gasteiger partial charge is 0.314 e. The maximum atomic E-state index is 12.9. The summed E-state index contributed by atoms with van der Waals surface area (Å²) in [6.45, 7) is 8.08. The molecule has 0 spiro atoms. The molecule has 9 nitrogen and oxygen atoms in total. The second-order valence-corrected chi connectivity index (χ2v) is 12.1. The maximum Gasteiger partial charge on any atom is 0.314 e. The first-order valence-corrected chi connectivity index (χ1v) is 15.2. The van der Waals surface area contributed by atoms with E-state index in [1.165, 1.54) is 54.2 Å². The molecule has 3 aromatic heterocycles. The van der Waals surface area contributed by atoms with Crippen LogP contribution >= 0.6 is 23.7 Å². The summed E-state index contributed by atoms with van der Waals surface area (Å²) in [5.41, 5.74) is 1.79. The normalized spacial score (nSPS) is 18.5. The molecule has 2 unspecified atom stereocenters. The first-order chi connectivity index (χ1) is 19.4. The van der Waals surface area contributed by atoms with Gasteiger partial charge in [0, 0.05) is 37.1 Å². The number of carbonyl (C=O) groups excluding carboxylic acids is 2. The van der Waals surface area contributed by atoms with E-state index in [1.54, 1.807) is 4.90 Å². The summed E-state index contributed by atoms with van der Waals surface area (Å²) in [6.07, 6.45) is 10.1. The summed E-state index contributed by atoms with van der Waals surface area (Å²) in [5, 5.41) is 8.23. The van der Waals surface area contributed by atoms with E-state index in [2.05, 4.69) is 58.4 Å². The predicted molar refractivity (Wildman–Crippen MR) is 159 cm³/mol. The largest absolute Gasteiger partial charge is 0.334 e. The number of thiazole rings is 1. The van der Waals surface area contributed by atoms with Gasteiger partial charge in [-0.25, -0.2) is 4.98 Å². The van der Waals surface area contributed by atoms with Crippen molar-refractivity contribution in [2.75, 3.05) is 31.5 Å². The molecular weight excluding hydrogens is 549 g/mol. The van der Waals surface area contributed by atoms with E-state index < -0.39 is 11.8 Å². The number of nitrogens with zero attached hydrogens (tertiary/aromatic N) is 6. The lowest BCUT2D eigenvalue weighted by Crippen LogP contribution is -2.44. The molecule has 0 aliphatic carbocycles. The van der Waals surface area contributed by atoms with E-state index in [1.807, 2.05) is 11.3 Å². The van der Waals surface area contributed by atoms with Crippen LogP contribution < -0.4 is 5.32 Å². The summed E-state index contributed by atoms with van der Waals surface area (Å²) in [5.74, 6) is -0.938. The summed E-state index contributed by atoms with van der Waals surface area (Å²) in [4.78, 5) is 37.3. The van der Waals surface area contributed by atoms with Crippen LogP contribution in [-0.4, -0.2) is 73.0 Å². The number of likely N-dealkylation sites (tertiary alicyclic amines) is 2. The van der Waals surface area contributed by atoms with Gasteiger partial charge in [0.05, 0.1) is 33.3 Å². The summed E-state index contributed by atoms with van der Waals surface area (Å²) >= 11 is 1.76. The van der Waals surface area contributed by atoms with E-state index in [0.717, 1.165) is 28.9 Å². The summed E-state index contributed by atoms with van der Waals surface area (Å²) in [7, 11) is 0. The third-order valence-electron chi connectivity index (χ3n) is 7.46. The van der Waals surface area contributed by atoms with Gasteiger partial charge < -0.3 is 15.1 Å². The fourth-order valence-corrected chi connectivity index (χ4v) is 6.80. The molecule has 2 amide bonds. The van der Waals surface area contributed by atoms with E-state index in [9.17, 15) is 13.5 Å². The number of hydrogen-bond donors (Lipinski definition) is 1. The van der Waals surface area contributed by atoms with E-state index in [0.29, 0.717) is 36.0 Å². The quantitative estimate of drug-likeness (QED) is 0.317. The summed E-state index contributed by atoms with van der Waals surface area (Å²) < 4.78 is 15.3. The van der Waals surface area contributed by atoms with Crippen molar-refractivity contribution in [3.05, 3.63) is 47.9 Å². The molecule has 4 aromatic rings. The van der Waals surface area contributed by atoms with Gasteiger partial charge in [-0.15, -0.1) is 15.2 Å². The van der Waals surface area contributed by atoms with Gasteiger partial charge in [-0.3, -0.25) is 14.6 Å². The molecule has 0 saturated carbocycles. The summed E-state index contributed by atoms with van der Waals surface area (Å²) in [6, 6.07) is 9.06. The average molecular weight is 584 g/mol. The zero-order valence-electron chi connectivity index (χ0n) is 22.8. The zero-order chi connectivity index (χ0) is 28.1. The highest BCUT2D eigenvalue weighted by Crippen LogP contribution is 2.26. The van der Waals surface area contributed by atoms with E-state index >= 15 is 0 Å². The number of para-hydroxylation sites is 1. The van der Waals surface area contributed by atoms with Gasteiger partial charge in [-0.05, 0) is 63.7 Å². The van der Waals surface area contributed by atoms with Crippen molar-refractivity contribution in [2.45, 2.75) is 52.0 Å². The Labute approximate surface area is 241 Å². The van der Waals surface area contributed by atoms with Crippen molar-refractivity contribution >= 4 is 62.3 Å². The number of fused-ring (bicyclic) bond motifs is 2. The zero-order valence-corrected chi connectivity index (χ0v) is 24.4. The molecule has 0 radical (unpaired) electrons. The number of aromatic nitrogens is 4. The number of rotatable bonds is 5. The Bertz CT molecular complexity index is 1440. The molecule has 6 rings (SSSR count). The van der Waals surface area contributed by atoms with Gasteiger partial charge in [0.25, 0.3) is 0 Å². The lowest BCUT2D eigenvalue weighted by Gasteiger charge is -2.30. The fraction of sp³-hybridized carbons (Fsp3) is 0.464. The van der Waals surface area contributed by atoms with E-state index in [4.69, 9.17) is 4.98 Å². The van der Waals surface area contributed by atoms with Crippen LogP contribution in [-0.2, 0) is 16.0 Å². The Morgan fingerprint density at radius 1 is 1.15 bits per heavy atom. The average Bonchev–Trinajstić information content (AvgIpc) is 3.73. The Hall–Kier alpha value is -3.09. The second-order valence-electron chi connectivity index (χ2n) is 10.5. The van der Waals surface area contributed by atoms with Gasteiger partial charge in [0.15, 0.2) is 12.3 Å². The maximum absolute atomic E-state index is 12.9. The highest BCUT2D eigenvalue weighted by atomic mass is 32.2. The van der Waals surface area contributed by atoms with Gasteiger partial charge in [0.1, 0.15) is 5.52 Å². The van der Waals surface area contributed by atoms with Crippen molar-refractivity contribution in [3.8, 4) is 0 Å². The number of hydrogen-bond acceptors (Lipinski definition) is 8. The highest BCUT2D eigenvalue weighted by Gasteiger charge is 2.27. The minimum absolute atomic E-state index is 0.0859. The van der Waals surface area contributed by atoms with Crippen LogP contribution in [0.3, 0.4) is 0 Å². The Kier molecular flexibility index (Phi) is 9.28. The van der Waals surface area contributed by atoms with Crippen LogP contribution in [0, 0.1) is 5.92 Å². The standard InChI is InChI=1S/C14H16FN5O2S.C14H18N2S/c1-9-3-2-4-19(8-9)14(22)13(21)18-11-7-16-5-10-6-17-20(23-15)12(10)11;1-11(16-8-4-5-9-16)10-14-15-12-6-2-3-7-13(12)17-14/h5-7,9H,2-4,8H2,1H3,(H,18,21);2-3,6-7,11H,4-5,8-10H2,1H3. The van der Waals surface area contributed by atoms with Crippen molar-refractivity contribution < 1.29 is 13.5 Å². The number of benzene rings is 1. The van der Waals surface area contributed by atoms with Crippen molar-refractivity contribution in [1.82, 2.24) is 29.0 Å². The molecule has 2 atom stereocenters. The monoisotopic (exact) mass is 583 g/mol. The molecule has 1 aromatic carbocycles. The molecular formula is C28H34FN7O2S2. The fourth-order valence-electron chi connectivity index (χ4n) is 5.36. The van der Waals surface area contributed by atoms with E-state index in [-0.39, 0.29) is 18.0 Å². The number of anilines is 1. The second kappa shape index (κ2) is 13.0. The van der Waals surface area contributed by atoms with Crippen LogP contribution in [0.5, 0.6) is 0 Å². The molecule has 2 fully saturated rings. The van der Waals surface area contributed by atoms with Gasteiger partial charge in [-0.1, -0.05) is 19.1 Å². The Morgan fingerprint density at radius 2 is 1.95 bits per heavy atom. The molecule has 12 heteroatoms. The number of carbonyl (C=O) groups is 2. The van der Waals surface area contributed by atoms with Crippen LogP contribution in [0.15, 0.2) is 42.9 Å². The minimum atomic E-state index is -0.745. The third kappa shape index (κ3) is 6.61. The van der Waals surface area contributed by atoms with Crippen molar-refractivity contribution in [1.29, 1.82) is 0 Å². The van der Waals surface area contributed by atoms with Crippen molar-refractivity contribution in [2.24, 2.45) is 5.92 Å². The molecule has 2 aliphatic heterocycles. The molecule has 2 saturated heterocycles. The van der Waals surface area contributed by atoms with Gasteiger partial charge in [-0.2, -0.15) is 9.19 Å². The first-order valence-electron chi connectivity index (χ1n) is 13.7. The topological polar surface area (TPSA) is 96.2 Å². The van der Waals surface area contributed by atoms with Crippen LogP contribution in [0.4, 0.5) is 9.57 Å². The molecule has 212 valence electrons. The lowest BCUT2D eigenvalue weighted by atomic mass is 10.0. The molecule has 0 bridgehead atoms. The molecule has 2 aliphatic rings. The number of halogens is 1. The highest BCUT2D eigenvalue weighted by molar-refractivity contribution is 7.92. The van der Waals surface area contributed by atoms with Crippen LogP contribution in [0.25, 0.3) is 21.1 Å². The SMILES string of the molecule is CC(Cc1nc2ccccc2s1)N1CCCC1.CC1CCCN(C(=O)C(=O)Nc2cncc3cnn(SF)c23)C1. The Balaban J connectivity index is 0.000000168. The van der Waals surface area contributed by atoms with Gasteiger partial charge >= 0.3 is 11.8 Å². The van der Waals surface area contributed by atoms with Crippen LogP contribution in [0.2, 0.25) is 0 Å². The van der Waals surface area contributed by atoms with Crippen LogP contribution in [0.1, 0.15) is 44.5 Å². The minimum Gasteiger partial charge on any atom is -0.334 e. The van der Waals surface area contributed by atoms with Gasteiger partial charge in [0.2, 0.25) is 0 Å². The Morgan fingerprint density at radius 3 is 2.70 bits per heavy atom. The lowest BCUT2D eigenvalue weighted by molar-refractivity contribution is -0.144. The molecule has 5 heterocycles. The predicted octanol–water partition coefficient (Wildman–Crippen LogP) is 5.33. The molecule has 40 heavy (non-hydrogen) atoms. The third-order valence-corrected chi connectivity index (χ3v) is 8.93. The number of piperidine rings is 1. The number of nitrogens with one attached hydrogen (secondary N) is 1. The first kappa shape index (κ1) is 28.4.